The predicted octanol–water partition coefficient (Wildman–Crippen LogP) is 3.75. The Morgan fingerprint density at radius 3 is 3.11 bits per heavy atom. The Morgan fingerprint density at radius 1 is 1.44 bits per heavy atom. The van der Waals surface area contributed by atoms with Crippen LogP contribution in [0.25, 0.3) is 0 Å². The minimum atomic E-state index is 0.482. The first kappa shape index (κ1) is 14.0. The molecule has 2 atom stereocenters. The normalized spacial score (nSPS) is 24.3. The fourth-order valence-electron chi connectivity index (χ4n) is 2.66. The second kappa shape index (κ2) is 7.27. The molecule has 0 amide bonds. The van der Waals surface area contributed by atoms with Crippen LogP contribution in [-0.2, 0) is 17.7 Å². The highest BCUT2D eigenvalue weighted by Crippen LogP contribution is 2.20. The van der Waals surface area contributed by atoms with E-state index in [0.717, 1.165) is 26.0 Å². The fraction of sp³-hybridized carbons (Fsp3) is 0.733. The summed E-state index contributed by atoms with van der Waals surface area (Å²) >= 11 is 1.88. The lowest BCUT2D eigenvalue weighted by atomic mass is 10.00. The maximum atomic E-state index is 5.79. The fourth-order valence-corrected chi connectivity index (χ4v) is 3.59. The molecular formula is C15H25NOS. The van der Waals surface area contributed by atoms with Crippen molar-refractivity contribution in [2.75, 3.05) is 6.61 Å². The molecule has 0 radical (unpaired) electrons. The maximum Gasteiger partial charge on any atom is 0.0589 e. The molecule has 1 aliphatic rings. The molecule has 2 heterocycles. The minimum Gasteiger partial charge on any atom is -0.378 e. The molecule has 1 aliphatic heterocycles. The lowest BCUT2D eigenvalue weighted by Crippen LogP contribution is -2.38. The van der Waals surface area contributed by atoms with Gasteiger partial charge in [-0.3, -0.25) is 0 Å². The van der Waals surface area contributed by atoms with Crippen molar-refractivity contribution in [3.63, 3.8) is 0 Å². The van der Waals surface area contributed by atoms with Gasteiger partial charge in [0, 0.05) is 24.1 Å². The second-order valence-electron chi connectivity index (χ2n) is 5.11. The molecule has 3 heteroatoms. The average molecular weight is 267 g/mol. The molecule has 0 saturated carbocycles. The van der Waals surface area contributed by atoms with Crippen LogP contribution in [0, 0.1) is 0 Å². The van der Waals surface area contributed by atoms with Gasteiger partial charge in [-0.1, -0.05) is 20.3 Å². The first-order valence-electron chi connectivity index (χ1n) is 7.23. The summed E-state index contributed by atoms with van der Waals surface area (Å²) < 4.78 is 5.79. The molecule has 1 N–H and O–H groups in total. The van der Waals surface area contributed by atoms with Crippen molar-refractivity contribution in [1.82, 2.24) is 5.32 Å². The number of hydrogen-bond donors (Lipinski definition) is 1. The Kier molecular flexibility index (Phi) is 5.67. The summed E-state index contributed by atoms with van der Waals surface area (Å²) in [7, 11) is 0. The van der Waals surface area contributed by atoms with Crippen LogP contribution in [0.5, 0.6) is 0 Å². The largest absolute Gasteiger partial charge is 0.378 e. The van der Waals surface area contributed by atoms with Gasteiger partial charge < -0.3 is 10.1 Å². The van der Waals surface area contributed by atoms with E-state index in [0.29, 0.717) is 12.1 Å². The van der Waals surface area contributed by atoms with Crippen LogP contribution >= 0.6 is 11.3 Å². The molecule has 2 nitrogen and oxygen atoms in total. The highest BCUT2D eigenvalue weighted by atomic mass is 32.1. The maximum absolute atomic E-state index is 5.79. The molecule has 0 aromatic carbocycles. The van der Waals surface area contributed by atoms with Crippen molar-refractivity contribution in [3.05, 3.63) is 21.9 Å². The highest BCUT2D eigenvalue weighted by molar-refractivity contribution is 7.10. The van der Waals surface area contributed by atoms with Crippen LogP contribution in [0.3, 0.4) is 0 Å². The van der Waals surface area contributed by atoms with E-state index in [1.54, 1.807) is 0 Å². The van der Waals surface area contributed by atoms with Gasteiger partial charge in [-0.25, -0.2) is 0 Å². The van der Waals surface area contributed by atoms with Crippen molar-refractivity contribution < 1.29 is 4.74 Å². The first-order valence-corrected chi connectivity index (χ1v) is 8.11. The van der Waals surface area contributed by atoms with Gasteiger partial charge in [-0.15, -0.1) is 11.3 Å². The third-order valence-corrected chi connectivity index (χ3v) is 4.71. The Morgan fingerprint density at radius 2 is 2.33 bits per heavy atom. The summed E-state index contributed by atoms with van der Waals surface area (Å²) in [6.45, 7) is 6.43. The van der Waals surface area contributed by atoms with E-state index in [9.17, 15) is 0 Å². The quantitative estimate of drug-likeness (QED) is 0.847. The van der Waals surface area contributed by atoms with Crippen LogP contribution in [-0.4, -0.2) is 18.8 Å². The number of ether oxygens (including phenoxy) is 1. The summed E-state index contributed by atoms with van der Waals surface area (Å²) in [6.07, 6.45) is 6.40. The van der Waals surface area contributed by atoms with Crippen molar-refractivity contribution in [3.8, 4) is 0 Å². The predicted molar refractivity (Wildman–Crippen MR) is 78.2 cm³/mol. The van der Waals surface area contributed by atoms with E-state index < -0.39 is 0 Å². The van der Waals surface area contributed by atoms with Gasteiger partial charge in [0.2, 0.25) is 0 Å². The molecular weight excluding hydrogens is 242 g/mol. The zero-order valence-electron chi connectivity index (χ0n) is 11.6. The SMILES string of the molecule is CCCC1CC(NCc2sccc2CC)CCO1. The Bertz CT molecular complexity index is 348. The Labute approximate surface area is 115 Å². The Hall–Kier alpha value is -0.380. The first-order chi connectivity index (χ1) is 8.83. The summed E-state index contributed by atoms with van der Waals surface area (Å²) in [5.41, 5.74) is 1.50. The van der Waals surface area contributed by atoms with Gasteiger partial charge in [0.05, 0.1) is 6.10 Å². The van der Waals surface area contributed by atoms with E-state index in [1.165, 1.54) is 29.7 Å². The summed E-state index contributed by atoms with van der Waals surface area (Å²) in [5, 5.41) is 5.93. The average Bonchev–Trinajstić information content (AvgIpc) is 2.84. The zero-order valence-corrected chi connectivity index (χ0v) is 12.4. The molecule has 1 aromatic heterocycles. The van der Waals surface area contributed by atoms with Crippen LogP contribution in [0.4, 0.5) is 0 Å². The molecule has 2 unspecified atom stereocenters. The molecule has 1 fully saturated rings. The lowest BCUT2D eigenvalue weighted by Gasteiger charge is -2.30. The summed E-state index contributed by atoms with van der Waals surface area (Å²) in [5.74, 6) is 0. The van der Waals surface area contributed by atoms with Gasteiger partial charge in [0.1, 0.15) is 0 Å². The molecule has 102 valence electrons. The van der Waals surface area contributed by atoms with Crippen molar-refractivity contribution in [2.45, 2.75) is 64.6 Å². The molecule has 0 aliphatic carbocycles. The van der Waals surface area contributed by atoms with Gasteiger partial charge in [0.25, 0.3) is 0 Å². The molecule has 2 rings (SSSR count). The number of hydrogen-bond acceptors (Lipinski definition) is 3. The topological polar surface area (TPSA) is 21.3 Å². The minimum absolute atomic E-state index is 0.482. The van der Waals surface area contributed by atoms with Gasteiger partial charge in [-0.2, -0.15) is 0 Å². The van der Waals surface area contributed by atoms with Crippen LogP contribution in [0.1, 0.15) is 50.0 Å². The van der Waals surface area contributed by atoms with E-state index in [2.05, 4.69) is 30.6 Å². The van der Waals surface area contributed by atoms with Crippen LogP contribution in [0.2, 0.25) is 0 Å². The number of aryl methyl sites for hydroxylation is 1. The second-order valence-corrected chi connectivity index (χ2v) is 6.11. The van der Waals surface area contributed by atoms with E-state index in [4.69, 9.17) is 4.74 Å². The standard InChI is InChI=1S/C15H25NOS/c1-3-5-14-10-13(6-8-17-14)16-11-15-12(4-2)7-9-18-15/h7,9,13-14,16H,3-6,8,10-11H2,1-2H3. The van der Waals surface area contributed by atoms with Crippen LogP contribution in [0.15, 0.2) is 11.4 Å². The zero-order chi connectivity index (χ0) is 12.8. The molecule has 0 bridgehead atoms. The van der Waals surface area contributed by atoms with Crippen molar-refractivity contribution in [2.24, 2.45) is 0 Å². The molecule has 1 aromatic rings. The molecule has 18 heavy (non-hydrogen) atoms. The van der Waals surface area contributed by atoms with Gasteiger partial charge >= 0.3 is 0 Å². The summed E-state index contributed by atoms with van der Waals surface area (Å²) in [6, 6.07) is 2.90. The third kappa shape index (κ3) is 3.81. The summed E-state index contributed by atoms with van der Waals surface area (Å²) in [4.78, 5) is 1.51. The van der Waals surface area contributed by atoms with E-state index >= 15 is 0 Å². The number of nitrogens with one attached hydrogen (secondary N) is 1. The smallest absolute Gasteiger partial charge is 0.0589 e. The highest BCUT2D eigenvalue weighted by Gasteiger charge is 2.21. The number of thiophene rings is 1. The third-order valence-electron chi connectivity index (χ3n) is 3.75. The van der Waals surface area contributed by atoms with Crippen molar-refractivity contribution in [1.29, 1.82) is 0 Å². The molecule has 1 saturated heterocycles. The monoisotopic (exact) mass is 267 g/mol. The van der Waals surface area contributed by atoms with Gasteiger partial charge in [-0.05, 0) is 42.7 Å². The van der Waals surface area contributed by atoms with Crippen molar-refractivity contribution >= 4 is 11.3 Å². The molecule has 0 spiro atoms. The lowest BCUT2D eigenvalue weighted by molar-refractivity contribution is -0.00339. The Balaban J connectivity index is 1.79. The van der Waals surface area contributed by atoms with E-state index in [1.807, 2.05) is 11.3 Å². The number of rotatable bonds is 6. The van der Waals surface area contributed by atoms with Crippen LogP contribution < -0.4 is 5.32 Å². The van der Waals surface area contributed by atoms with E-state index in [-0.39, 0.29) is 0 Å². The van der Waals surface area contributed by atoms with Gasteiger partial charge in [0.15, 0.2) is 0 Å².